The number of carboxylic acids is 2. The molecular formula is C22H30N4O4. The highest BCUT2D eigenvalue weighted by molar-refractivity contribution is 5.89. The number of anilines is 1. The predicted octanol–water partition coefficient (Wildman–Crippen LogP) is 2.30. The molecule has 0 atom stereocenters. The molecule has 1 fully saturated rings. The van der Waals surface area contributed by atoms with Crippen LogP contribution in [0.25, 0.3) is 10.9 Å². The van der Waals surface area contributed by atoms with Gasteiger partial charge in [-0.1, -0.05) is 18.2 Å². The van der Waals surface area contributed by atoms with Gasteiger partial charge in [0.2, 0.25) is 0 Å². The number of aromatic nitrogens is 1. The van der Waals surface area contributed by atoms with Gasteiger partial charge in [0.05, 0.1) is 5.52 Å². The van der Waals surface area contributed by atoms with Gasteiger partial charge >= 0.3 is 11.9 Å². The van der Waals surface area contributed by atoms with Crippen molar-refractivity contribution in [2.75, 3.05) is 51.6 Å². The third-order valence-electron chi connectivity index (χ3n) is 4.84. The lowest BCUT2D eigenvalue weighted by molar-refractivity contribution is -0.134. The highest BCUT2D eigenvalue weighted by Gasteiger charge is 2.12. The fraction of sp³-hybridized carbons (Fsp3) is 0.409. The highest BCUT2D eigenvalue weighted by Crippen LogP contribution is 2.19. The molecule has 1 aromatic carbocycles. The number of likely N-dealkylation sites (N-methyl/N-ethyl adjacent to an activating group) is 1. The number of carbonyl (C=O) groups is 2. The van der Waals surface area contributed by atoms with E-state index in [2.05, 4.69) is 53.4 Å². The molecule has 30 heavy (non-hydrogen) atoms. The van der Waals surface area contributed by atoms with Crippen LogP contribution >= 0.6 is 0 Å². The molecule has 2 aromatic rings. The number of carboxylic acid groups (broad SMARTS) is 2. The van der Waals surface area contributed by atoms with Gasteiger partial charge in [-0.15, -0.1) is 0 Å². The minimum absolute atomic E-state index is 0.558. The van der Waals surface area contributed by atoms with Gasteiger partial charge in [0.15, 0.2) is 0 Å². The number of aliphatic carboxylic acids is 2. The summed E-state index contributed by atoms with van der Waals surface area (Å²) in [7, 11) is 2.20. The number of fused-ring (bicyclic) bond motifs is 1. The van der Waals surface area contributed by atoms with Crippen LogP contribution in [0.4, 0.5) is 5.82 Å². The largest absolute Gasteiger partial charge is 0.478 e. The molecular weight excluding hydrogens is 384 g/mol. The number of aryl methyl sites for hydroxylation is 1. The van der Waals surface area contributed by atoms with Crippen LogP contribution in [0.1, 0.15) is 12.0 Å². The second-order valence-corrected chi connectivity index (χ2v) is 7.28. The summed E-state index contributed by atoms with van der Waals surface area (Å²) in [6, 6.07) is 10.5. The van der Waals surface area contributed by atoms with Crippen LogP contribution in [0.15, 0.2) is 42.5 Å². The lowest BCUT2D eigenvalue weighted by atomic mass is 10.1. The van der Waals surface area contributed by atoms with Crippen molar-refractivity contribution in [3.8, 4) is 0 Å². The number of nitrogens with one attached hydrogen (secondary N) is 1. The number of piperazine rings is 1. The number of nitrogens with zero attached hydrogens (tertiary/aromatic N) is 3. The van der Waals surface area contributed by atoms with E-state index in [9.17, 15) is 9.59 Å². The average molecular weight is 415 g/mol. The summed E-state index contributed by atoms with van der Waals surface area (Å²) >= 11 is 0. The van der Waals surface area contributed by atoms with Crippen molar-refractivity contribution in [1.82, 2.24) is 14.8 Å². The summed E-state index contributed by atoms with van der Waals surface area (Å²) in [5, 5.41) is 20.3. The van der Waals surface area contributed by atoms with E-state index in [4.69, 9.17) is 15.2 Å². The van der Waals surface area contributed by atoms with E-state index in [1.165, 1.54) is 43.7 Å². The second-order valence-electron chi connectivity index (χ2n) is 7.28. The summed E-state index contributed by atoms with van der Waals surface area (Å²) in [6.45, 7) is 9.09. The topological polar surface area (TPSA) is 106 Å². The fourth-order valence-electron chi connectivity index (χ4n) is 3.17. The monoisotopic (exact) mass is 414 g/mol. The van der Waals surface area contributed by atoms with E-state index in [-0.39, 0.29) is 0 Å². The van der Waals surface area contributed by atoms with Gasteiger partial charge in [0, 0.05) is 50.3 Å². The third kappa shape index (κ3) is 8.18. The quantitative estimate of drug-likeness (QED) is 0.468. The minimum Gasteiger partial charge on any atom is -0.478 e. The minimum atomic E-state index is -1.26. The molecule has 3 N–H and O–H groups in total. The van der Waals surface area contributed by atoms with Crippen LogP contribution in [-0.4, -0.2) is 83.3 Å². The number of hydrogen-bond acceptors (Lipinski definition) is 6. The highest BCUT2D eigenvalue weighted by atomic mass is 16.4. The molecule has 8 heteroatoms. The first kappa shape index (κ1) is 23.3. The van der Waals surface area contributed by atoms with Crippen molar-refractivity contribution in [2.45, 2.75) is 13.3 Å². The normalized spacial score (nSPS) is 15.0. The predicted molar refractivity (Wildman–Crippen MR) is 118 cm³/mol. The van der Waals surface area contributed by atoms with Crippen LogP contribution in [0, 0.1) is 6.92 Å². The second kappa shape index (κ2) is 11.9. The van der Waals surface area contributed by atoms with Crippen molar-refractivity contribution >= 4 is 28.7 Å². The zero-order valence-electron chi connectivity index (χ0n) is 17.5. The SMILES string of the molecule is Cc1cc(NCCCN2CCN(C)CC2)nc2ccccc12.O=C(O)/C=C/C(=O)O. The Hall–Kier alpha value is -2.97. The molecule has 162 valence electrons. The Balaban J connectivity index is 0.000000343. The summed E-state index contributed by atoms with van der Waals surface area (Å²) in [5.41, 5.74) is 2.36. The molecule has 1 aliphatic rings. The molecule has 2 heterocycles. The van der Waals surface area contributed by atoms with Gasteiger partial charge in [-0.05, 0) is 44.6 Å². The number of para-hydroxylation sites is 1. The van der Waals surface area contributed by atoms with Gasteiger partial charge in [-0.25, -0.2) is 14.6 Å². The Morgan fingerprint density at radius 3 is 2.37 bits per heavy atom. The lowest BCUT2D eigenvalue weighted by Crippen LogP contribution is -2.44. The number of pyridine rings is 1. The van der Waals surface area contributed by atoms with Crippen molar-refractivity contribution in [3.63, 3.8) is 0 Å². The van der Waals surface area contributed by atoms with Crippen LogP contribution in [0.5, 0.6) is 0 Å². The van der Waals surface area contributed by atoms with Crippen LogP contribution in [0.3, 0.4) is 0 Å². The van der Waals surface area contributed by atoms with E-state index in [1.807, 2.05) is 6.07 Å². The molecule has 0 aliphatic carbocycles. The molecule has 8 nitrogen and oxygen atoms in total. The fourth-order valence-corrected chi connectivity index (χ4v) is 3.17. The molecule has 0 bridgehead atoms. The number of benzene rings is 1. The molecule has 0 amide bonds. The van der Waals surface area contributed by atoms with E-state index in [0.29, 0.717) is 12.2 Å². The Morgan fingerprint density at radius 1 is 1.10 bits per heavy atom. The van der Waals surface area contributed by atoms with Gasteiger partial charge < -0.3 is 25.3 Å². The first-order valence-electron chi connectivity index (χ1n) is 10.00. The van der Waals surface area contributed by atoms with Crippen molar-refractivity contribution in [2.24, 2.45) is 0 Å². The lowest BCUT2D eigenvalue weighted by Gasteiger charge is -2.32. The summed E-state index contributed by atoms with van der Waals surface area (Å²) in [6.07, 6.45) is 2.28. The van der Waals surface area contributed by atoms with E-state index >= 15 is 0 Å². The molecule has 3 rings (SSSR count). The third-order valence-corrected chi connectivity index (χ3v) is 4.84. The molecule has 1 saturated heterocycles. The molecule has 1 aliphatic heterocycles. The Labute approximate surface area is 176 Å². The van der Waals surface area contributed by atoms with Crippen molar-refractivity contribution < 1.29 is 19.8 Å². The maximum absolute atomic E-state index is 9.55. The average Bonchev–Trinajstić information content (AvgIpc) is 2.71. The Kier molecular flexibility index (Phi) is 9.24. The Bertz CT molecular complexity index is 861. The molecule has 0 radical (unpaired) electrons. The van der Waals surface area contributed by atoms with Gasteiger partial charge in [-0.3, -0.25) is 0 Å². The van der Waals surface area contributed by atoms with E-state index in [0.717, 1.165) is 24.3 Å². The smallest absolute Gasteiger partial charge is 0.328 e. The molecule has 0 spiro atoms. The molecule has 0 unspecified atom stereocenters. The zero-order chi connectivity index (χ0) is 21.9. The first-order valence-corrected chi connectivity index (χ1v) is 10.00. The zero-order valence-corrected chi connectivity index (χ0v) is 17.5. The maximum atomic E-state index is 9.55. The van der Waals surface area contributed by atoms with Crippen LogP contribution in [-0.2, 0) is 9.59 Å². The number of rotatable bonds is 7. The van der Waals surface area contributed by atoms with Gasteiger partial charge in [0.1, 0.15) is 5.82 Å². The van der Waals surface area contributed by atoms with Gasteiger partial charge in [-0.2, -0.15) is 0 Å². The molecule has 1 aromatic heterocycles. The van der Waals surface area contributed by atoms with Crippen molar-refractivity contribution in [1.29, 1.82) is 0 Å². The number of hydrogen-bond donors (Lipinski definition) is 3. The van der Waals surface area contributed by atoms with Crippen LogP contribution < -0.4 is 5.32 Å². The standard InChI is InChI=1S/C18H26N4.C4H4O4/c1-15-14-18(20-17-7-4-3-6-16(15)17)19-8-5-9-22-12-10-21(2)11-13-22;5-3(6)1-2-4(7)8/h3-4,6-7,14H,5,8-13H2,1-2H3,(H,19,20);1-2H,(H,5,6)(H,7,8)/b;2-1+. The summed E-state index contributed by atoms with van der Waals surface area (Å²) in [4.78, 5) is 28.8. The maximum Gasteiger partial charge on any atom is 0.328 e. The van der Waals surface area contributed by atoms with E-state index in [1.54, 1.807) is 0 Å². The van der Waals surface area contributed by atoms with Crippen molar-refractivity contribution in [3.05, 3.63) is 48.0 Å². The Morgan fingerprint density at radius 2 is 1.73 bits per heavy atom. The van der Waals surface area contributed by atoms with Gasteiger partial charge in [0.25, 0.3) is 0 Å². The molecule has 0 saturated carbocycles. The summed E-state index contributed by atoms with van der Waals surface area (Å²) < 4.78 is 0. The summed E-state index contributed by atoms with van der Waals surface area (Å²) in [5.74, 6) is -1.52. The first-order chi connectivity index (χ1) is 14.3. The van der Waals surface area contributed by atoms with E-state index < -0.39 is 11.9 Å². The van der Waals surface area contributed by atoms with Crippen LogP contribution in [0.2, 0.25) is 0 Å².